The van der Waals surface area contributed by atoms with Gasteiger partial charge >= 0.3 is 0 Å². The molecule has 1 aliphatic heterocycles. The maximum atomic E-state index is 12.8. The van der Waals surface area contributed by atoms with E-state index in [0.717, 1.165) is 16.3 Å². The molecule has 1 atom stereocenters. The molecule has 0 amide bonds. The fourth-order valence-electron chi connectivity index (χ4n) is 2.92. The molecule has 0 aromatic heterocycles. The number of sulfonamides is 1. The van der Waals surface area contributed by atoms with Crippen LogP contribution in [-0.2, 0) is 10.0 Å². The van der Waals surface area contributed by atoms with Crippen LogP contribution in [0.2, 0.25) is 19.6 Å². The molecule has 6 heteroatoms. The number of hydrogen-bond donors (Lipinski definition) is 0. The van der Waals surface area contributed by atoms with Gasteiger partial charge < -0.3 is 0 Å². The Kier molecular flexibility index (Phi) is 4.86. The van der Waals surface area contributed by atoms with Gasteiger partial charge in [0.1, 0.15) is 0 Å². The highest BCUT2D eigenvalue weighted by Crippen LogP contribution is 2.32. The topological polar surface area (TPSA) is 61.2 Å². The number of benzene rings is 1. The van der Waals surface area contributed by atoms with Crippen molar-refractivity contribution in [2.45, 2.75) is 38.4 Å². The van der Waals surface area contributed by atoms with Gasteiger partial charge in [-0.1, -0.05) is 44.3 Å². The van der Waals surface area contributed by atoms with E-state index in [0.29, 0.717) is 18.0 Å². The third kappa shape index (κ3) is 3.57. The number of nitrogens with zero attached hydrogens (tertiary/aromatic N) is 2. The molecule has 0 saturated carbocycles. The van der Waals surface area contributed by atoms with Gasteiger partial charge in [0.25, 0.3) is 0 Å². The highest BCUT2D eigenvalue weighted by Gasteiger charge is 2.37. The summed E-state index contributed by atoms with van der Waals surface area (Å²) in [5.41, 5.74) is 2.03. The lowest BCUT2D eigenvalue weighted by Crippen LogP contribution is -2.29. The third-order valence-electron chi connectivity index (χ3n) is 4.26. The predicted molar refractivity (Wildman–Crippen MR) is 95.1 cm³/mol. The molecule has 0 radical (unpaired) electrons. The van der Waals surface area contributed by atoms with Crippen LogP contribution in [0, 0.1) is 24.2 Å². The van der Waals surface area contributed by atoms with E-state index in [2.05, 4.69) is 25.7 Å². The van der Waals surface area contributed by atoms with Crippen LogP contribution >= 0.6 is 0 Å². The first kappa shape index (κ1) is 17.9. The molecule has 124 valence electrons. The van der Waals surface area contributed by atoms with Crippen molar-refractivity contribution in [2.75, 3.05) is 13.1 Å². The summed E-state index contributed by atoms with van der Waals surface area (Å²) in [6.07, 6.45) is 0. The highest BCUT2D eigenvalue weighted by atomic mass is 32.2. The first-order chi connectivity index (χ1) is 10.6. The van der Waals surface area contributed by atoms with Gasteiger partial charge in [0, 0.05) is 18.3 Å². The largest absolute Gasteiger partial charge is 0.243 e. The minimum absolute atomic E-state index is 0.0941. The molecular formula is C17H24N2O2SSi. The van der Waals surface area contributed by atoms with Crippen molar-refractivity contribution in [3.05, 3.63) is 40.6 Å². The number of hydrogen-bond acceptors (Lipinski definition) is 3. The summed E-state index contributed by atoms with van der Waals surface area (Å²) in [4.78, 5) is 0.322. The SMILES string of the molecule is Cc1ccc(S(=O)(=O)N2C/C(=C(\C#N)[Si](C)(C)C)C(C)C2)cc1. The molecule has 4 nitrogen and oxygen atoms in total. The van der Waals surface area contributed by atoms with Gasteiger partial charge in [-0.2, -0.15) is 9.57 Å². The number of aryl methyl sites for hydroxylation is 1. The Hall–Kier alpha value is -1.42. The zero-order chi connectivity index (χ0) is 17.4. The summed E-state index contributed by atoms with van der Waals surface area (Å²) in [6, 6.07) is 9.28. The molecule has 23 heavy (non-hydrogen) atoms. The van der Waals surface area contributed by atoms with Crippen LogP contribution in [0.1, 0.15) is 12.5 Å². The summed E-state index contributed by atoms with van der Waals surface area (Å²) in [7, 11) is -5.28. The normalized spacial score (nSPS) is 22.0. The van der Waals surface area contributed by atoms with Crippen LogP contribution < -0.4 is 0 Å². The molecule has 2 rings (SSSR count). The second-order valence-corrected chi connectivity index (χ2v) is 14.2. The first-order valence-corrected chi connectivity index (χ1v) is 12.7. The molecule has 1 fully saturated rings. The van der Waals surface area contributed by atoms with E-state index >= 15 is 0 Å². The van der Waals surface area contributed by atoms with Gasteiger partial charge in [-0.15, -0.1) is 0 Å². The summed E-state index contributed by atoms with van der Waals surface area (Å²) in [6.45, 7) is 11.1. The Morgan fingerprint density at radius 2 is 1.83 bits per heavy atom. The minimum Gasteiger partial charge on any atom is -0.207 e. The van der Waals surface area contributed by atoms with Gasteiger partial charge in [-0.3, -0.25) is 0 Å². The standard InChI is InChI=1S/C17H24N2O2SSi/c1-13-6-8-15(9-7-13)22(20,21)19-11-14(2)16(12-19)17(10-18)23(3,4)5/h6-9,14H,11-12H2,1-5H3/b17-16-. The maximum absolute atomic E-state index is 12.8. The first-order valence-electron chi connectivity index (χ1n) is 7.78. The van der Waals surface area contributed by atoms with Gasteiger partial charge in [0.05, 0.1) is 19.0 Å². The summed E-state index contributed by atoms with van der Waals surface area (Å²) in [5, 5.41) is 10.4. The van der Waals surface area contributed by atoms with E-state index in [1.54, 1.807) is 12.1 Å². The highest BCUT2D eigenvalue weighted by molar-refractivity contribution is 7.89. The molecule has 1 unspecified atom stereocenters. The molecule has 0 bridgehead atoms. The Morgan fingerprint density at radius 3 is 2.30 bits per heavy atom. The fraction of sp³-hybridized carbons (Fsp3) is 0.471. The zero-order valence-corrected chi connectivity index (χ0v) is 16.2. The quantitative estimate of drug-likeness (QED) is 0.622. The molecule has 1 aromatic rings. The number of nitriles is 1. The van der Waals surface area contributed by atoms with Gasteiger partial charge in [0.2, 0.25) is 10.0 Å². The van der Waals surface area contributed by atoms with Crippen molar-refractivity contribution < 1.29 is 8.42 Å². The lowest BCUT2D eigenvalue weighted by atomic mass is 10.1. The zero-order valence-electron chi connectivity index (χ0n) is 14.4. The lowest BCUT2D eigenvalue weighted by Gasteiger charge is -2.19. The Balaban J connectivity index is 2.40. The summed E-state index contributed by atoms with van der Waals surface area (Å²) in [5.74, 6) is 0.0941. The monoisotopic (exact) mass is 348 g/mol. The van der Waals surface area contributed by atoms with Crippen molar-refractivity contribution in [1.29, 1.82) is 5.26 Å². The van der Waals surface area contributed by atoms with Crippen LogP contribution in [0.4, 0.5) is 0 Å². The summed E-state index contributed by atoms with van der Waals surface area (Å²) < 4.78 is 27.2. The molecule has 1 aromatic carbocycles. The van der Waals surface area contributed by atoms with Crippen molar-refractivity contribution in [3.63, 3.8) is 0 Å². The van der Waals surface area contributed by atoms with Gasteiger partial charge in [-0.25, -0.2) is 8.42 Å². The Bertz CT molecular complexity index is 768. The van der Waals surface area contributed by atoms with Crippen LogP contribution in [0.5, 0.6) is 0 Å². The number of rotatable bonds is 3. The molecule has 1 aliphatic rings. The van der Waals surface area contributed by atoms with E-state index in [-0.39, 0.29) is 5.92 Å². The van der Waals surface area contributed by atoms with Crippen molar-refractivity contribution in [2.24, 2.45) is 5.92 Å². The molecule has 1 saturated heterocycles. The smallest absolute Gasteiger partial charge is 0.207 e. The van der Waals surface area contributed by atoms with Crippen molar-refractivity contribution >= 4 is 18.1 Å². The summed E-state index contributed by atoms with van der Waals surface area (Å²) >= 11 is 0. The second kappa shape index (κ2) is 6.23. The van der Waals surface area contributed by atoms with Gasteiger partial charge in [0.15, 0.2) is 0 Å². The van der Waals surface area contributed by atoms with Gasteiger partial charge in [-0.05, 0) is 30.5 Å². The van der Waals surface area contributed by atoms with E-state index < -0.39 is 18.1 Å². The third-order valence-corrected chi connectivity index (χ3v) is 8.02. The Labute approximate surface area is 140 Å². The van der Waals surface area contributed by atoms with E-state index in [1.807, 2.05) is 26.0 Å². The average Bonchev–Trinajstić information content (AvgIpc) is 2.81. The number of allylic oxidation sites excluding steroid dienone is 1. The van der Waals surface area contributed by atoms with Crippen LogP contribution in [0.3, 0.4) is 0 Å². The van der Waals surface area contributed by atoms with Crippen molar-refractivity contribution in [3.8, 4) is 6.07 Å². The van der Waals surface area contributed by atoms with Crippen molar-refractivity contribution in [1.82, 2.24) is 4.31 Å². The molecular weight excluding hydrogens is 324 g/mol. The fourth-order valence-corrected chi connectivity index (χ4v) is 6.05. The lowest BCUT2D eigenvalue weighted by molar-refractivity contribution is 0.464. The van der Waals surface area contributed by atoms with E-state index in [4.69, 9.17) is 0 Å². The second-order valence-electron chi connectivity index (χ2n) is 7.27. The maximum Gasteiger partial charge on any atom is 0.243 e. The molecule has 1 heterocycles. The van der Waals surface area contributed by atoms with Crippen LogP contribution in [0.25, 0.3) is 0 Å². The molecule has 0 spiro atoms. The van der Waals surface area contributed by atoms with E-state index in [9.17, 15) is 13.7 Å². The molecule has 0 N–H and O–H groups in total. The molecule has 0 aliphatic carbocycles. The predicted octanol–water partition coefficient (Wildman–Crippen LogP) is 3.33. The Morgan fingerprint density at radius 1 is 1.26 bits per heavy atom. The van der Waals surface area contributed by atoms with E-state index in [1.165, 1.54) is 4.31 Å². The average molecular weight is 349 g/mol. The van der Waals surface area contributed by atoms with Crippen LogP contribution in [0.15, 0.2) is 39.9 Å². The minimum atomic E-state index is -3.50. The van der Waals surface area contributed by atoms with Crippen LogP contribution in [-0.4, -0.2) is 33.9 Å².